The Morgan fingerprint density at radius 2 is 1.61 bits per heavy atom. The molecule has 0 saturated carbocycles. The number of hydrogen-bond donors (Lipinski definition) is 6. The molecule has 0 aromatic heterocycles. The second-order valence-electron chi connectivity index (χ2n) is 5.82. The molecule has 0 bridgehead atoms. The number of carbonyl (C=O) groups is 2. The lowest BCUT2D eigenvalue weighted by molar-refractivity contribution is 0.0844. The normalized spacial score (nSPS) is 15.4. The van der Waals surface area contributed by atoms with Crippen LogP contribution in [0.3, 0.4) is 0 Å². The number of carbonyl (C=O) groups excluding carboxylic acids is 2. The molecule has 150 valence electrons. The minimum atomic E-state index is -4.90. The Bertz CT molecular complexity index is 1230. The van der Waals surface area contributed by atoms with Crippen molar-refractivity contribution < 1.29 is 35.5 Å². The van der Waals surface area contributed by atoms with E-state index in [9.17, 15) is 35.5 Å². The third kappa shape index (κ3) is 3.45. The summed E-state index contributed by atoms with van der Waals surface area (Å²) in [7, 11) is -9.70. The van der Waals surface area contributed by atoms with E-state index in [2.05, 4.69) is 17.9 Å². The molecule has 0 spiro atoms. The monoisotopic (exact) mass is 447 g/mol. The number of nitrogens with two attached hydrogens (primary N) is 1. The number of nitrogens with one attached hydrogen (secondary N) is 2. The van der Waals surface area contributed by atoms with Crippen molar-refractivity contribution in [2.45, 2.75) is 15.2 Å². The summed E-state index contributed by atoms with van der Waals surface area (Å²) in [6, 6.07) is 2.56. The van der Waals surface area contributed by atoms with Gasteiger partial charge in [-0.1, -0.05) is 0 Å². The van der Waals surface area contributed by atoms with Crippen LogP contribution in [0.5, 0.6) is 0 Å². The maximum atomic E-state index is 12.2. The predicted octanol–water partition coefficient (Wildman–Crippen LogP) is -0.157. The molecule has 1 heterocycles. The van der Waals surface area contributed by atoms with E-state index in [-0.39, 0.29) is 34.1 Å². The van der Waals surface area contributed by atoms with Gasteiger partial charge in [0.25, 0.3) is 32.1 Å². The summed E-state index contributed by atoms with van der Waals surface area (Å²) in [6.45, 7) is -0.0957. The van der Waals surface area contributed by atoms with Crippen LogP contribution in [0.4, 0.5) is 5.69 Å². The fraction of sp³-hybridized carbons (Fsp3) is 0.143. The van der Waals surface area contributed by atoms with Gasteiger partial charge in [0.15, 0.2) is 0 Å². The lowest BCUT2D eigenvalue weighted by atomic mass is 9.94. The van der Waals surface area contributed by atoms with Gasteiger partial charge in [0.1, 0.15) is 4.90 Å². The summed E-state index contributed by atoms with van der Waals surface area (Å²) in [4.78, 5) is 22.9. The molecular weight excluding hydrogens is 434 g/mol. The zero-order valence-corrected chi connectivity index (χ0v) is 16.2. The lowest BCUT2D eigenvalue weighted by Crippen LogP contribution is -2.35. The Kier molecular flexibility index (Phi) is 4.89. The maximum Gasteiger partial charge on any atom is 0.296 e. The molecule has 11 nitrogen and oxygen atoms in total. The summed E-state index contributed by atoms with van der Waals surface area (Å²) in [5.74, 6) is -1.89. The number of imide groups is 1. The highest BCUT2D eigenvalue weighted by molar-refractivity contribution is 7.86. The summed E-state index contributed by atoms with van der Waals surface area (Å²) in [5.41, 5.74) is 4.56. The van der Waals surface area contributed by atoms with E-state index < -0.39 is 47.2 Å². The first-order chi connectivity index (χ1) is 12.8. The summed E-state index contributed by atoms with van der Waals surface area (Å²) >= 11 is 4.09. The van der Waals surface area contributed by atoms with Crippen molar-refractivity contribution in [3.05, 3.63) is 29.3 Å². The molecule has 0 aliphatic carbocycles. The Morgan fingerprint density at radius 3 is 2.11 bits per heavy atom. The number of benzene rings is 2. The van der Waals surface area contributed by atoms with Crippen LogP contribution in [0.15, 0.2) is 28.0 Å². The topological polar surface area (TPSA) is 193 Å². The minimum absolute atomic E-state index is 0.0615. The van der Waals surface area contributed by atoms with Gasteiger partial charge in [-0.15, -0.1) is 0 Å². The average molecular weight is 447 g/mol. The highest BCUT2D eigenvalue weighted by Gasteiger charge is 2.32. The van der Waals surface area contributed by atoms with E-state index in [0.717, 1.165) is 18.2 Å². The van der Waals surface area contributed by atoms with Crippen molar-refractivity contribution in [3.63, 3.8) is 0 Å². The molecule has 0 radical (unpaired) electrons. The number of rotatable bonds is 5. The molecule has 6 N–H and O–H groups in total. The molecule has 1 atom stereocenters. The van der Waals surface area contributed by atoms with Gasteiger partial charge in [-0.05, 0) is 18.2 Å². The quantitative estimate of drug-likeness (QED) is 0.155. The number of anilines is 1. The molecule has 2 aromatic carbocycles. The van der Waals surface area contributed by atoms with E-state index >= 15 is 0 Å². The smallest absolute Gasteiger partial charge is 0.296 e. The fourth-order valence-electron chi connectivity index (χ4n) is 2.83. The minimum Gasteiger partial charge on any atom is -0.371 e. The van der Waals surface area contributed by atoms with E-state index in [4.69, 9.17) is 5.73 Å². The molecule has 3 rings (SSSR count). The van der Waals surface area contributed by atoms with Crippen LogP contribution in [0.25, 0.3) is 10.8 Å². The SMILES string of the molecule is NCC(S)Nc1c(S(=O)(=O)O)cc2c3c(cc(S(=O)(=O)O)cc13)C(=O)NC2=O. The van der Waals surface area contributed by atoms with Crippen molar-refractivity contribution in [1.29, 1.82) is 0 Å². The van der Waals surface area contributed by atoms with Crippen molar-refractivity contribution in [2.24, 2.45) is 5.73 Å². The molecule has 0 fully saturated rings. The molecule has 2 aromatic rings. The summed E-state index contributed by atoms with van der Waals surface area (Å²) in [6.07, 6.45) is 0. The van der Waals surface area contributed by atoms with E-state index in [1.807, 2.05) is 5.32 Å². The van der Waals surface area contributed by atoms with Crippen molar-refractivity contribution in [2.75, 3.05) is 11.9 Å². The second-order valence-corrected chi connectivity index (χ2v) is 9.25. The third-order valence-electron chi connectivity index (χ3n) is 4.00. The number of amides is 2. The highest BCUT2D eigenvalue weighted by Crippen LogP contribution is 2.39. The zero-order valence-electron chi connectivity index (χ0n) is 13.7. The van der Waals surface area contributed by atoms with E-state index in [0.29, 0.717) is 0 Å². The molecule has 14 heteroatoms. The molecule has 28 heavy (non-hydrogen) atoms. The Hall–Kier alpha value is -2.23. The third-order valence-corrected chi connectivity index (χ3v) is 6.05. The first-order valence-electron chi connectivity index (χ1n) is 7.44. The van der Waals surface area contributed by atoms with Gasteiger partial charge in [0.2, 0.25) is 0 Å². The molecule has 1 aliphatic heterocycles. The van der Waals surface area contributed by atoms with E-state index in [1.165, 1.54) is 0 Å². The maximum absolute atomic E-state index is 12.2. The lowest BCUT2D eigenvalue weighted by Gasteiger charge is -2.23. The first kappa shape index (κ1) is 20.5. The molecule has 2 amide bonds. The van der Waals surface area contributed by atoms with Gasteiger partial charge in [-0.3, -0.25) is 24.0 Å². The fourth-order valence-corrected chi connectivity index (χ4v) is 4.19. The highest BCUT2D eigenvalue weighted by atomic mass is 32.2. The van der Waals surface area contributed by atoms with Crippen LogP contribution in [-0.4, -0.2) is 49.7 Å². The van der Waals surface area contributed by atoms with Gasteiger partial charge >= 0.3 is 0 Å². The average Bonchev–Trinajstić information content (AvgIpc) is 2.57. The first-order valence-corrected chi connectivity index (χ1v) is 10.8. The molecular formula is C14H13N3O8S3. The van der Waals surface area contributed by atoms with Gasteiger partial charge in [0, 0.05) is 28.4 Å². The van der Waals surface area contributed by atoms with Crippen LogP contribution >= 0.6 is 12.6 Å². The Labute approximate surface area is 164 Å². The summed E-state index contributed by atoms with van der Waals surface area (Å²) < 4.78 is 66.0. The molecule has 0 saturated heterocycles. The predicted molar refractivity (Wildman–Crippen MR) is 101 cm³/mol. The van der Waals surface area contributed by atoms with Gasteiger partial charge in [-0.2, -0.15) is 29.5 Å². The molecule has 1 unspecified atom stereocenters. The van der Waals surface area contributed by atoms with Crippen LogP contribution in [0, 0.1) is 0 Å². The molecule has 1 aliphatic rings. The standard InChI is InChI=1S/C14H13N3O8S3/c15-4-10(26)16-12-6-1-5(27(20,21)22)2-7-11(6)8(14(19)17-13(7)18)3-9(12)28(23,24)25/h1-3,10,16,26H,4,15H2,(H,17,18,19)(H,20,21,22)(H,23,24,25). The van der Waals surface area contributed by atoms with Gasteiger partial charge in [-0.25, -0.2) is 0 Å². The van der Waals surface area contributed by atoms with Crippen LogP contribution < -0.4 is 16.4 Å². The van der Waals surface area contributed by atoms with E-state index in [1.54, 1.807) is 0 Å². The Morgan fingerprint density at radius 1 is 1.04 bits per heavy atom. The number of hydrogen-bond acceptors (Lipinski definition) is 9. The van der Waals surface area contributed by atoms with Crippen molar-refractivity contribution in [1.82, 2.24) is 5.32 Å². The van der Waals surface area contributed by atoms with Crippen LogP contribution in [-0.2, 0) is 20.2 Å². The largest absolute Gasteiger partial charge is 0.371 e. The van der Waals surface area contributed by atoms with Crippen molar-refractivity contribution >= 4 is 61.1 Å². The van der Waals surface area contributed by atoms with Gasteiger partial charge in [0.05, 0.1) is 16.0 Å². The summed E-state index contributed by atoms with van der Waals surface area (Å²) in [5, 5.41) is 3.43. The zero-order chi connectivity index (χ0) is 21.0. The number of thiol groups is 1. The van der Waals surface area contributed by atoms with Crippen LogP contribution in [0.1, 0.15) is 20.7 Å². The van der Waals surface area contributed by atoms with Crippen LogP contribution in [0.2, 0.25) is 0 Å². The van der Waals surface area contributed by atoms with Gasteiger partial charge < -0.3 is 11.1 Å². The Balaban J connectivity index is 2.59. The van der Waals surface area contributed by atoms with Crippen molar-refractivity contribution in [3.8, 4) is 0 Å². The second kappa shape index (κ2) is 6.68.